The quantitative estimate of drug-likeness (QED) is 0.795. The standard InChI is InChI=1S/C15H15ClN4O2/c1-15(2,3)13(22)20-14-18-11-10(12(21)19-14)9-7(16)5-4-6-8(9)17-11/h4-6,8H,1-3H3,(H2,17,18,19,20,21,22). The molecule has 6 nitrogen and oxygen atoms in total. The number of hydrogen-bond donors (Lipinski definition) is 2. The van der Waals surface area contributed by atoms with E-state index in [4.69, 9.17) is 11.6 Å². The SMILES string of the molecule is CC(C)(C)C(=O)Nc1nc2c(c(=O)[nH]1)=C1C(Cl)=CC=CC1N=2. The lowest BCUT2D eigenvalue weighted by Crippen LogP contribution is -2.44. The maximum atomic E-state index is 12.3. The summed E-state index contributed by atoms with van der Waals surface area (Å²) in [4.78, 5) is 35.5. The number of amides is 1. The van der Waals surface area contributed by atoms with Gasteiger partial charge in [0, 0.05) is 16.0 Å². The first-order valence-corrected chi connectivity index (χ1v) is 7.23. The molecule has 1 amide bonds. The third-order valence-corrected chi connectivity index (χ3v) is 3.76. The van der Waals surface area contributed by atoms with Crippen molar-refractivity contribution in [3.05, 3.63) is 44.3 Å². The molecule has 114 valence electrons. The number of H-pyrrole nitrogens is 1. The molecular formula is C15H15ClN4O2. The highest BCUT2D eigenvalue weighted by atomic mass is 35.5. The second-order valence-electron chi connectivity index (χ2n) is 6.20. The molecule has 0 radical (unpaired) electrons. The number of nitrogens with zero attached hydrogens (tertiary/aromatic N) is 2. The van der Waals surface area contributed by atoms with Crippen LogP contribution < -0.4 is 21.6 Å². The lowest BCUT2D eigenvalue weighted by Gasteiger charge is -2.16. The number of carbonyl (C=O) groups is 1. The third-order valence-electron chi connectivity index (χ3n) is 3.43. The van der Waals surface area contributed by atoms with Gasteiger partial charge in [-0.1, -0.05) is 44.5 Å². The Bertz CT molecular complexity index is 903. The van der Waals surface area contributed by atoms with E-state index in [1.807, 2.05) is 6.08 Å². The molecule has 1 atom stereocenters. The molecule has 0 saturated carbocycles. The summed E-state index contributed by atoms with van der Waals surface area (Å²) in [6.07, 6.45) is 5.35. The molecule has 0 spiro atoms. The van der Waals surface area contributed by atoms with Crippen LogP contribution in [0, 0.1) is 5.41 Å². The zero-order valence-electron chi connectivity index (χ0n) is 12.4. The molecule has 1 aliphatic heterocycles. The van der Waals surface area contributed by atoms with Gasteiger partial charge in [-0.25, -0.2) is 0 Å². The van der Waals surface area contributed by atoms with Gasteiger partial charge in [-0.05, 0) is 6.08 Å². The van der Waals surface area contributed by atoms with Crippen molar-refractivity contribution in [3.8, 4) is 0 Å². The molecule has 7 heteroatoms. The van der Waals surface area contributed by atoms with E-state index in [0.29, 0.717) is 21.3 Å². The van der Waals surface area contributed by atoms with Gasteiger partial charge in [-0.15, -0.1) is 0 Å². The molecule has 1 aromatic rings. The lowest BCUT2D eigenvalue weighted by atomic mass is 9.96. The Balaban J connectivity index is 2.12. The van der Waals surface area contributed by atoms with Crippen molar-refractivity contribution in [3.63, 3.8) is 0 Å². The van der Waals surface area contributed by atoms with E-state index in [0.717, 1.165) is 0 Å². The number of halogens is 1. The van der Waals surface area contributed by atoms with Crippen LogP contribution in [-0.2, 0) is 4.79 Å². The van der Waals surface area contributed by atoms with E-state index >= 15 is 0 Å². The third kappa shape index (κ3) is 2.39. The highest BCUT2D eigenvalue weighted by Gasteiger charge is 2.26. The molecule has 3 rings (SSSR count). The average molecular weight is 319 g/mol. The van der Waals surface area contributed by atoms with Gasteiger partial charge in [0.15, 0.2) is 5.49 Å². The van der Waals surface area contributed by atoms with Crippen LogP contribution in [0.25, 0.3) is 5.57 Å². The molecule has 2 N–H and O–H groups in total. The van der Waals surface area contributed by atoms with E-state index < -0.39 is 5.41 Å². The summed E-state index contributed by atoms with van der Waals surface area (Å²) < 4.78 is 0. The van der Waals surface area contributed by atoms with Gasteiger partial charge in [0.05, 0.1) is 11.3 Å². The average Bonchev–Trinajstić information content (AvgIpc) is 2.77. The van der Waals surface area contributed by atoms with E-state index in [1.54, 1.807) is 32.9 Å². The summed E-state index contributed by atoms with van der Waals surface area (Å²) in [5.74, 6) is -0.146. The number of nitrogens with one attached hydrogen (secondary N) is 2. The van der Waals surface area contributed by atoms with Crippen LogP contribution >= 0.6 is 11.6 Å². The Morgan fingerprint density at radius 3 is 2.82 bits per heavy atom. The summed E-state index contributed by atoms with van der Waals surface area (Å²) in [6.45, 7) is 5.33. The Kier molecular flexibility index (Phi) is 3.29. The molecule has 0 saturated heterocycles. The largest absolute Gasteiger partial charge is 0.296 e. The number of allylic oxidation sites excluding steroid dienone is 2. The fourth-order valence-corrected chi connectivity index (χ4v) is 2.51. The topological polar surface area (TPSA) is 87.2 Å². The van der Waals surface area contributed by atoms with Crippen molar-refractivity contribution in [2.45, 2.75) is 26.8 Å². The Morgan fingerprint density at radius 1 is 1.41 bits per heavy atom. The van der Waals surface area contributed by atoms with E-state index in [2.05, 4.69) is 20.3 Å². The van der Waals surface area contributed by atoms with E-state index in [1.165, 1.54) is 0 Å². The van der Waals surface area contributed by atoms with Crippen LogP contribution in [0.15, 0.2) is 33.0 Å². The Hall–Kier alpha value is -2.21. The zero-order chi connectivity index (χ0) is 16.1. The number of rotatable bonds is 1. The highest BCUT2D eigenvalue weighted by molar-refractivity contribution is 6.36. The van der Waals surface area contributed by atoms with Gasteiger partial charge in [0.1, 0.15) is 0 Å². The number of hydrogen-bond acceptors (Lipinski definition) is 4. The molecule has 22 heavy (non-hydrogen) atoms. The van der Waals surface area contributed by atoms with Crippen LogP contribution in [0.2, 0.25) is 0 Å². The van der Waals surface area contributed by atoms with Crippen molar-refractivity contribution in [1.82, 2.24) is 9.97 Å². The minimum absolute atomic E-state index is 0.0933. The van der Waals surface area contributed by atoms with Gasteiger partial charge >= 0.3 is 0 Å². The second-order valence-corrected chi connectivity index (χ2v) is 6.61. The van der Waals surface area contributed by atoms with Gasteiger partial charge in [-0.3, -0.25) is 24.9 Å². The number of fused-ring (bicyclic) bond motifs is 2. The molecule has 1 aliphatic carbocycles. The fourth-order valence-electron chi connectivity index (χ4n) is 2.23. The molecule has 0 aromatic carbocycles. The van der Waals surface area contributed by atoms with E-state index in [-0.39, 0.29) is 23.5 Å². The van der Waals surface area contributed by atoms with Gasteiger partial charge in [0.25, 0.3) is 5.56 Å². The van der Waals surface area contributed by atoms with Crippen molar-refractivity contribution in [2.24, 2.45) is 10.4 Å². The molecule has 0 fully saturated rings. The number of anilines is 1. The maximum absolute atomic E-state index is 12.3. The van der Waals surface area contributed by atoms with E-state index in [9.17, 15) is 9.59 Å². The minimum atomic E-state index is -0.591. The van der Waals surface area contributed by atoms with Crippen molar-refractivity contribution < 1.29 is 4.79 Å². The Labute approximate surface area is 131 Å². The van der Waals surface area contributed by atoms with Crippen LogP contribution in [0.3, 0.4) is 0 Å². The van der Waals surface area contributed by atoms with Crippen LogP contribution in [0.1, 0.15) is 20.8 Å². The van der Waals surface area contributed by atoms with Crippen molar-refractivity contribution in [1.29, 1.82) is 0 Å². The zero-order valence-corrected chi connectivity index (χ0v) is 13.2. The highest BCUT2D eigenvalue weighted by Crippen LogP contribution is 2.26. The van der Waals surface area contributed by atoms with Crippen LogP contribution in [0.5, 0.6) is 0 Å². The summed E-state index contributed by atoms with van der Waals surface area (Å²) in [5, 5.41) is 3.45. The molecular weight excluding hydrogens is 304 g/mol. The lowest BCUT2D eigenvalue weighted by molar-refractivity contribution is -0.123. The van der Waals surface area contributed by atoms with Crippen molar-refractivity contribution in [2.75, 3.05) is 5.32 Å². The number of carbonyl (C=O) groups excluding carboxylic acids is 1. The maximum Gasteiger partial charge on any atom is 0.262 e. The first kappa shape index (κ1) is 14.7. The number of aromatic amines is 1. The second kappa shape index (κ2) is 4.91. The van der Waals surface area contributed by atoms with Gasteiger partial charge in [-0.2, -0.15) is 4.98 Å². The Morgan fingerprint density at radius 2 is 2.14 bits per heavy atom. The first-order valence-electron chi connectivity index (χ1n) is 6.85. The molecule has 0 bridgehead atoms. The number of aromatic nitrogens is 2. The van der Waals surface area contributed by atoms with Crippen LogP contribution in [0.4, 0.5) is 5.95 Å². The first-order chi connectivity index (χ1) is 10.3. The van der Waals surface area contributed by atoms with Gasteiger partial charge in [0.2, 0.25) is 11.9 Å². The summed E-state index contributed by atoms with van der Waals surface area (Å²) in [5.41, 5.74) is -0.00308. The van der Waals surface area contributed by atoms with Crippen molar-refractivity contribution >= 4 is 29.0 Å². The summed E-state index contributed by atoms with van der Waals surface area (Å²) in [6, 6.07) is -0.297. The predicted molar refractivity (Wildman–Crippen MR) is 84.0 cm³/mol. The summed E-state index contributed by atoms with van der Waals surface area (Å²) in [7, 11) is 0. The predicted octanol–water partition coefficient (Wildman–Crippen LogP) is 0.599. The van der Waals surface area contributed by atoms with Crippen LogP contribution in [-0.4, -0.2) is 21.9 Å². The monoisotopic (exact) mass is 318 g/mol. The summed E-state index contributed by atoms with van der Waals surface area (Å²) >= 11 is 6.16. The smallest absolute Gasteiger partial charge is 0.262 e. The molecule has 2 heterocycles. The minimum Gasteiger partial charge on any atom is -0.296 e. The molecule has 1 unspecified atom stereocenters. The normalized spacial score (nSPS) is 19.2. The van der Waals surface area contributed by atoms with Gasteiger partial charge < -0.3 is 0 Å². The molecule has 2 aliphatic rings. The fraction of sp³-hybridized carbons (Fsp3) is 0.333. The molecule has 1 aromatic heterocycles.